The summed E-state index contributed by atoms with van der Waals surface area (Å²) in [5.74, 6) is 0.906. The van der Waals surface area contributed by atoms with E-state index in [1.807, 2.05) is 6.07 Å². The van der Waals surface area contributed by atoms with Crippen LogP contribution in [0.4, 0.5) is 0 Å². The monoisotopic (exact) mass is 380 g/mol. The second kappa shape index (κ2) is 8.69. The smallest absolute Gasteiger partial charge is 0.263 e. The van der Waals surface area contributed by atoms with Crippen molar-refractivity contribution in [3.63, 3.8) is 0 Å². The number of H-pyrrole nitrogens is 1. The Balaban J connectivity index is 1.29. The number of nitrogens with zero attached hydrogens (tertiary/aromatic N) is 3. The van der Waals surface area contributed by atoms with Gasteiger partial charge in [0.15, 0.2) is 0 Å². The standard InChI is InChI=1S/C22H28N4O2/c27-21-19(16-23-20(24-21)18-9-10-18)22(28)26-13-5-12-25(14-15-26)11-4-8-17-6-2-1-3-7-17/h1-3,6-7,16,18H,4-5,8-15H2,(H,23,24,27). The molecule has 1 aromatic heterocycles. The molecule has 1 aliphatic carbocycles. The lowest BCUT2D eigenvalue weighted by Crippen LogP contribution is -2.38. The number of amides is 1. The van der Waals surface area contributed by atoms with Crippen LogP contribution in [-0.2, 0) is 6.42 Å². The van der Waals surface area contributed by atoms with Crippen molar-refractivity contribution in [3.8, 4) is 0 Å². The van der Waals surface area contributed by atoms with E-state index in [-0.39, 0.29) is 17.0 Å². The van der Waals surface area contributed by atoms with Gasteiger partial charge in [-0.15, -0.1) is 0 Å². The molecule has 1 N–H and O–H groups in total. The van der Waals surface area contributed by atoms with E-state index >= 15 is 0 Å². The van der Waals surface area contributed by atoms with Crippen LogP contribution in [0.25, 0.3) is 0 Å². The summed E-state index contributed by atoms with van der Waals surface area (Å²) in [5.41, 5.74) is 1.24. The molecule has 148 valence electrons. The second-order valence-corrected chi connectivity index (χ2v) is 7.86. The molecule has 0 radical (unpaired) electrons. The van der Waals surface area contributed by atoms with Gasteiger partial charge in [0, 0.05) is 31.7 Å². The van der Waals surface area contributed by atoms with Gasteiger partial charge >= 0.3 is 0 Å². The lowest BCUT2D eigenvalue weighted by atomic mass is 10.1. The summed E-state index contributed by atoms with van der Waals surface area (Å²) in [7, 11) is 0. The number of hydrogen-bond donors (Lipinski definition) is 1. The molecular formula is C22H28N4O2. The number of carbonyl (C=O) groups is 1. The number of aromatic nitrogens is 2. The van der Waals surface area contributed by atoms with E-state index in [2.05, 4.69) is 39.1 Å². The molecule has 2 aromatic rings. The molecule has 2 fully saturated rings. The molecule has 0 unspecified atom stereocenters. The van der Waals surface area contributed by atoms with Crippen molar-refractivity contribution >= 4 is 5.91 Å². The predicted molar refractivity (Wildman–Crippen MR) is 109 cm³/mol. The Kier molecular flexibility index (Phi) is 5.86. The van der Waals surface area contributed by atoms with Gasteiger partial charge in [0.25, 0.3) is 11.5 Å². The largest absolute Gasteiger partial charge is 0.337 e. The van der Waals surface area contributed by atoms with Gasteiger partial charge in [-0.2, -0.15) is 0 Å². The van der Waals surface area contributed by atoms with Gasteiger partial charge in [0.2, 0.25) is 0 Å². The molecule has 1 saturated heterocycles. The van der Waals surface area contributed by atoms with Crippen LogP contribution in [0.15, 0.2) is 41.3 Å². The maximum absolute atomic E-state index is 12.8. The maximum atomic E-state index is 12.8. The first-order valence-electron chi connectivity index (χ1n) is 10.4. The molecule has 1 aliphatic heterocycles. The third kappa shape index (κ3) is 4.68. The molecule has 6 nitrogen and oxygen atoms in total. The lowest BCUT2D eigenvalue weighted by molar-refractivity contribution is 0.0759. The van der Waals surface area contributed by atoms with Crippen LogP contribution in [0.3, 0.4) is 0 Å². The fourth-order valence-corrected chi connectivity index (χ4v) is 3.84. The highest BCUT2D eigenvalue weighted by molar-refractivity contribution is 5.93. The minimum atomic E-state index is -0.300. The Labute approximate surface area is 165 Å². The van der Waals surface area contributed by atoms with Crippen molar-refractivity contribution in [2.45, 2.75) is 38.0 Å². The average Bonchev–Trinajstić information content (AvgIpc) is 3.56. The number of aromatic amines is 1. The summed E-state index contributed by atoms with van der Waals surface area (Å²) in [6.07, 6.45) is 6.74. The molecule has 0 spiro atoms. The van der Waals surface area contributed by atoms with E-state index in [0.29, 0.717) is 19.0 Å². The fourth-order valence-electron chi connectivity index (χ4n) is 3.84. The summed E-state index contributed by atoms with van der Waals surface area (Å²) < 4.78 is 0. The van der Waals surface area contributed by atoms with Crippen molar-refractivity contribution in [2.75, 3.05) is 32.7 Å². The third-order valence-electron chi connectivity index (χ3n) is 5.67. The Hall–Kier alpha value is -2.47. The summed E-state index contributed by atoms with van der Waals surface area (Å²) in [6.45, 7) is 4.24. The number of benzene rings is 1. The van der Waals surface area contributed by atoms with Gasteiger partial charge in [0.05, 0.1) is 0 Å². The van der Waals surface area contributed by atoms with Crippen LogP contribution in [0.5, 0.6) is 0 Å². The summed E-state index contributed by atoms with van der Waals surface area (Å²) in [5, 5.41) is 0. The number of aryl methyl sites for hydroxylation is 1. The highest BCUT2D eigenvalue weighted by atomic mass is 16.2. The Bertz CT molecular complexity index is 860. The Morgan fingerprint density at radius 3 is 2.68 bits per heavy atom. The Morgan fingerprint density at radius 2 is 1.93 bits per heavy atom. The molecule has 2 heterocycles. The molecule has 1 aromatic carbocycles. The van der Waals surface area contributed by atoms with Gasteiger partial charge in [0.1, 0.15) is 11.4 Å². The highest BCUT2D eigenvalue weighted by Gasteiger charge is 2.28. The number of nitrogens with one attached hydrogen (secondary N) is 1. The minimum Gasteiger partial charge on any atom is -0.337 e. The van der Waals surface area contributed by atoms with E-state index < -0.39 is 0 Å². The number of carbonyl (C=O) groups excluding carboxylic acids is 1. The predicted octanol–water partition coefficient (Wildman–Crippen LogP) is 2.43. The first-order chi connectivity index (χ1) is 13.7. The van der Waals surface area contributed by atoms with Crippen molar-refractivity contribution in [1.82, 2.24) is 19.8 Å². The molecule has 6 heteroatoms. The molecule has 1 amide bonds. The van der Waals surface area contributed by atoms with E-state index in [9.17, 15) is 9.59 Å². The number of hydrogen-bond acceptors (Lipinski definition) is 4. The third-order valence-corrected chi connectivity index (χ3v) is 5.67. The van der Waals surface area contributed by atoms with Gasteiger partial charge in [-0.3, -0.25) is 9.59 Å². The van der Waals surface area contributed by atoms with Crippen molar-refractivity contribution in [1.29, 1.82) is 0 Å². The average molecular weight is 380 g/mol. The van der Waals surface area contributed by atoms with Gasteiger partial charge < -0.3 is 14.8 Å². The summed E-state index contributed by atoms with van der Waals surface area (Å²) in [6, 6.07) is 10.5. The molecule has 28 heavy (non-hydrogen) atoms. The van der Waals surface area contributed by atoms with Gasteiger partial charge in [-0.1, -0.05) is 30.3 Å². The Morgan fingerprint density at radius 1 is 1.11 bits per heavy atom. The zero-order chi connectivity index (χ0) is 19.3. The van der Waals surface area contributed by atoms with Crippen LogP contribution in [-0.4, -0.2) is 58.4 Å². The van der Waals surface area contributed by atoms with Gasteiger partial charge in [-0.05, 0) is 50.8 Å². The molecule has 0 bridgehead atoms. The normalized spacial score (nSPS) is 18.1. The first kappa shape index (κ1) is 18.9. The SMILES string of the molecule is O=C(c1cnc(C2CC2)[nH]c1=O)N1CCCN(CCCc2ccccc2)CC1. The van der Waals surface area contributed by atoms with Crippen LogP contribution < -0.4 is 5.56 Å². The molecule has 1 saturated carbocycles. The first-order valence-corrected chi connectivity index (χ1v) is 10.4. The minimum absolute atomic E-state index is 0.168. The summed E-state index contributed by atoms with van der Waals surface area (Å²) in [4.78, 5) is 36.5. The fraction of sp³-hybridized carbons (Fsp3) is 0.500. The molecule has 4 rings (SSSR count). The van der Waals surface area contributed by atoms with Crippen LogP contribution in [0.2, 0.25) is 0 Å². The highest BCUT2D eigenvalue weighted by Crippen LogP contribution is 2.37. The van der Waals surface area contributed by atoms with Crippen LogP contribution in [0, 0.1) is 0 Å². The quantitative estimate of drug-likeness (QED) is 0.836. The molecule has 0 atom stereocenters. The lowest BCUT2D eigenvalue weighted by Gasteiger charge is -2.21. The van der Waals surface area contributed by atoms with E-state index in [1.165, 1.54) is 11.8 Å². The van der Waals surface area contributed by atoms with Crippen LogP contribution in [0.1, 0.15) is 53.3 Å². The zero-order valence-corrected chi connectivity index (χ0v) is 16.3. The zero-order valence-electron chi connectivity index (χ0n) is 16.3. The van der Waals surface area contributed by atoms with E-state index in [0.717, 1.165) is 57.6 Å². The van der Waals surface area contributed by atoms with Crippen molar-refractivity contribution in [3.05, 3.63) is 63.8 Å². The number of rotatable bonds is 6. The summed E-state index contributed by atoms with van der Waals surface area (Å²) >= 11 is 0. The van der Waals surface area contributed by atoms with E-state index in [4.69, 9.17) is 0 Å². The van der Waals surface area contributed by atoms with Gasteiger partial charge in [-0.25, -0.2) is 4.98 Å². The molecule has 2 aliphatic rings. The second-order valence-electron chi connectivity index (χ2n) is 7.86. The molecular weight excluding hydrogens is 352 g/mol. The van der Waals surface area contributed by atoms with Crippen molar-refractivity contribution < 1.29 is 4.79 Å². The maximum Gasteiger partial charge on any atom is 0.263 e. The topological polar surface area (TPSA) is 69.3 Å². The van der Waals surface area contributed by atoms with Crippen molar-refractivity contribution in [2.24, 2.45) is 0 Å². The van der Waals surface area contributed by atoms with E-state index in [1.54, 1.807) is 4.90 Å². The van der Waals surface area contributed by atoms with Crippen LogP contribution >= 0.6 is 0 Å².